The topological polar surface area (TPSA) is 249 Å². The molecule has 2 aliphatic heterocycles. The smallest absolute Gasteiger partial charge is 0.459 e. The molecule has 2 fully saturated rings. The summed E-state index contributed by atoms with van der Waals surface area (Å²) in [6, 6.07) is 9.02. The fourth-order valence-corrected chi connectivity index (χ4v) is 7.69. The first kappa shape index (κ1) is 36.7. The number of esters is 1. The Hall–Kier alpha value is -4.55. The van der Waals surface area contributed by atoms with Crippen molar-refractivity contribution in [3.8, 4) is 5.75 Å². The number of hydrogen-bond donors (Lipinski definition) is 3. The first-order valence-corrected chi connectivity index (χ1v) is 17.3. The van der Waals surface area contributed by atoms with E-state index in [0.29, 0.717) is 5.56 Å². The van der Waals surface area contributed by atoms with Gasteiger partial charge in [0.05, 0.1) is 36.9 Å². The van der Waals surface area contributed by atoms with Crippen molar-refractivity contribution in [3.63, 3.8) is 0 Å². The highest BCUT2D eigenvalue weighted by Gasteiger charge is 2.54. The molecule has 7 atom stereocenters. The molecule has 5 rings (SSSR count). The number of nitrogens with one attached hydrogen (secondary N) is 3. The third-order valence-corrected chi connectivity index (χ3v) is 10.4. The van der Waals surface area contributed by atoms with Crippen molar-refractivity contribution in [2.75, 3.05) is 20.8 Å². The van der Waals surface area contributed by atoms with Gasteiger partial charge in [-0.05, 0) is 30.2 Å². The molecule has 266 valence electrons. The number of fused-ring (bicyclic) bond motifs is 1. The molecule has 0 bridgehead atoms. The van der Waals surface area contributed by atoms with Gasteiger partial charge >= 0.3 is 19.7 Å². The van der Waals surface area contributed by atoms with Crippen LogP contribution in [0.15, 0.2) is 59.8 Å². The van der Waals surface area contributed by atoms with Gasteiger partial charge in [-0.3, -0.25) is 34.4 Å². The predicted molar refractivity (Wildman–Crippen MR) is 178 cm³/mol. The lowest BCUT2D eigenvalue weighted by atomic mass is 10.0. The van der Waals surface area contributed by atoms with E-state index in [-0.39, 0.29) is 24.3 Å². The van der Waals surface area contributed by atoms with Crippen LogP contribution in [0.5, 0.6) is 5.75 Å². The summed E-state index contributed by atoms with van der Waals surface area (Å²) in [7, 11) is -2.23. The molecular weight excluding hydrogens is 747 g/mol. The summed E-state index contributed by atoms with van der Waals surface area (Å²) in [4.78, 5) is 56.4. The zero-order valence-electron chi connectivity index (χ0n) is 26.8. The molecule has 2 aromatic carbocycles. The number of imide groups is 1. The quantitative estimate of drug-likeness (QED) is 0.0301. The largest absolute Gasteiger partial charge is 0.468 e. The number of aromatic amines is 1. The lowest BCUT2D eigenvalue weighted by Gasteiger charge is -2.44. The molecule has 2 aliphatic rings. The summed E-state index contributed by atoms with van der Waals surface area (Å²) in [6.07, 6.45) is -1.83. The van der Waals surface area contributed by atoms with Crippen molar-refractivity contribution < 1.29 is 47.1 Å². The molecule has 21 heteroatoms. The number of halogens is 1. The third-order valence-electron chi connectivity index (χ3n) is 8.11. The Bertz CT molecular complexity index is 1890. The Morgan fingerprint density at radius 1 is 1.30 bits per heavy atom. The number of nitrogens with zero attached hydrogens (tertiary/aromatic N) is 5. The van der Waals surface area contributed by atoms with E-state index >= 15 is 0 Å². The molecule has 2 saturated heterocycles. The second-order valence-corrected chi connectivity index (χ2v) is 14.7. The molecule has 0 saturated carbocycles. The van der Waals surface area contributed by atoms with Gasteiger partial charge < -0.3 is 23.7 Å². The predicted octanol–water partition coefficient (Wildman–Crippen LogP) is 4.43. The molecule has 0 spiro atoms. The number of benzene rings is 2. The minimum absolute atomic E-state index is 0.0435. The van der Waals surface area contributed by atoms with Gasteiger partial charge in [-0.1, -0.05) is 45.3 Å². The Labute approximate surface area is 292 Å². The van der Waals surface area contributed by atoms with Crippen LogP contribution in [-0.2, 0) is 39.3 Å². The maximum absolute atomic E-state index is 14.5. The van der Waals surface area contributed by atoms with E-state index in [4.69, 9.17) is 23.3 Å². The van der Waals surface area contributed by atoms with Crippen LogP contribution >= 0.6 is 23.7 Å². The Balaban J connectivity index is 1.43. The van der Waals surface area contributed by atoms with E-state index in [1.54, 1.807) is 6.20 Å². The lowest BCUT2D eigenvalue weighted by Crippen LogP contribution is -2.69. The molecule has 3 aromatic rings. The number of non-ortho nitro benzene ring substituents is 1. The first-order valence-electron chi connectivity index (χ1n) is 14.9. The summed E-state index contributed by atoms with van der Waals surface area (Å²) >= 11 is 3.30. The van der Waals surface area contributed by atoms with Gasteiger partial charge in [0.1, 0.15) is 22.3 Å². The number of carbonyl (C=O) groups excluding carboxylic acids is 3. The zero-order chi connectivity index (χ0) is 36.2. The van der Waals surface area contributed by atoms with E-state index in [0.717, 1.165) is 29.0 Å². The van der Waals surface area contributed by atoms with Gasteiger partial charge in [-0.25, -0.2) is 9.36 Å². The molecule has 50 heavy (non-hydrogen) atoms. The summed E-state index contributed by atoms with van der Waals surface area (Å²) < 4.78 is 41.2. The molecule has 3 unspecified atom stereocenters. The molecule has 3 N–H and O–H groups in total. The monoisotopic (exact) mass is 778 g/mol. The number of nitro groups is 1. The molecule has 19 nitrogen and oxygen atoms in total. The minimum atomic E-state index is -4.67. The summed E-state index contributed by atoms with van der Waals surface area (Å²) in [5, 5.41) is 20.8. The summed E-state index contributed by atoms with van der Waals surface area (Å²) in [5.74, 6) is -1.69. The number of aromatic nitrogens is 1. The number of urea groups is 1. The van der Waals surface area contributed by atoms with Gasteiger partial charge in [-0.15, -0.1) is 0 Å². The van der Waals surface area contributed by atoms with Crippen LogP contribution in [-0.4, -0.2) is 88.5 Å². The average Bonchev–Trinajstić information content (AvgIpc) is 3.68. The van der Waals surface area contributed by atoms with Crippen molar-refractivity contribution in [1.29, 1.82) is 0 Å². The van der Waals surface area contributed by atoms with Crippen molar-refractivity contribution in [1.82, 2.24) is 20.3 Å². The van der Waals surface area contributed by atoms with E-state index in [1.165, 1.54) is 32.2 Å². The van der Waals surface area contributed by atoms with E-state index in [2.05, 4.69) is 41.3 Å². The van der Waals surface area contributed by atoms with Crippen LogP contribution in [0.3, 0.4) is 0 Å². The van der Waals surface area contributed by atoms with Crippen molar-refractivity contribution in [2.45, 2.75) is 54.7 Å². The van der Waals surface area contributed by atoms with E-state index in [1.807, 2.05) is 24.3 Å². The van der Waals surface area contributed by atoms with E-state index < -0.39 is 72.2 Å². The SMILES string of the molecule is COC(=O)[C@H](Cc1c[nH]c2ccccc12)NP(=O)(OC[C@H]1O[C@@H](N2C(=O)NC(=O)C(C)(Br)C2OC)C[C@@H]1N=[N+]=[N-])Oc1cccc([N+](=O)[O-])c1. The van der Waals surface area contributed by atoms with E-state index in [9.17, 15) is 34.6 Å². The molecule has 3 heterocycles. The van der Waals surface area contributed by atoms with Gasteiger partial charge in [0.2, 0.25) is 5.91 Å². The van der Waals surface area contributed by atoms with Gasteiger partial charge in [-0.2, -0.15) is 5.09 Å². The van der Waals surface area contributed by atoms with Crippen LogP contribution in [0.25, 0.3) is 21.3 Å². The third kappa shape index (κ3) is 7.76. The van der Waals surface area contributed by atoms with Crippen LogP contribution in [0.1, 0.15) is 18.9 Å². The standard InChI is InChI=1S/C29H32BrN8O11P/c1-29(30)26(40)33-28(41)37(27(29)46-3)24-13-21(34-36-31)23(48-24)15-47-50(44,49-18-8-6-7-17(12-18)38(42)43)35-22(25(39)45-2)11-16-14-32-20-10-5-4-9-19(16)20/h4-10,12,14,21-24,27,32H,11,13,15H2,1-3H3,(H,35,44)(H,33,40,41)/t21-,22-,23+,24+,27?,29?,50?/m0/s1. The number of amides is 3. The molecule has 3 amide bonds. The maximum atomic E-state index is 14.5. The lowest BCUT2D eigenvalue weighted by molar-refractivity contribution is -0.384. The Kier molecular flexibility index (Phi) is 11.1. The normalized spacial score (nSPS) is 25.3. The highest BCUT2D eigenvalue weighted by Crippen LogP contribution is 2.47. The van der Waals surface area contributed by atoms with Gasteiger partial charge in [0.25, 0.3) is 5.69 Å². The van der Waals surface area contributed by atoms with Crippen LogP contribution < -0.4 is 14.9 Å². The number of hydrogen-bond acceptors (Lipinski definition) is 12. The number of para-hydroxylation sites is 1. The second-order valence-electron chi connectivity index (χ2n) is 11.4. The molecule has 1 aromatic heterocycles. The number of alkyl halides is 1. The highest BCUT2D eigenvalue weighted by atomic mass is 79.9. The zero-order valence-corrected chi connectivity index (χ0v) is 29.2. The van der Waals surface area contributed by atoms with Gasteiger partial charge in [0, 0.05) is 48.0 Å². The van der Waals surface area contributed by atoms with Crippen molar-refractivity contribution in [3.05, 3.63) is 80.8 Å². The van der Waals surface area contributed by atoms with Gasteiger partial charge in [0.15, 0.2) is 6.23 Å². The maximum Gasteiger partial charge on any atom is 0.459 e. The number of nitro benzene ring substituents is 1. The fraction of sp³-hybridized carbons (Fsp3) is 0.414. The van der Waals surface area contributed by atoms with Crippen LogP contribution in [0, 0.1) is 10.1 Å². The van der Waals surface area contributed by atoms with Crippen molar-refractivity contribution in [2.24, 2.45) is 5.11 Å². The molecular formula is C29H32BrN8O11P. The number of azide groups is 1. The minimum Gasteiger partial charge on any atom is -0.468 e. The second kappa shape index (κ2) is 15.1. The fourth-order valence-electron chi connectivity index (χ4n) is 5.69. The summed E-state index contributed by atoms with van der Waals surface area (Å²) in [6.45, 7) is 0.912. The molecule has 0 radical (unpaired) electrons. The first-order chi connectivity index (χ1) is 23.8. The van der Waals surface area contributed by atoms with Crippen LogP contribution in [0.4, 0.5) is 10.5 Å². The highest BCUT2D eigenvalue weighted by molar-refractivity contribution is 9.10. The van der Waals surface area contributed by atoms with Crippen LogP contribution in [0.2, 0.25) is 0 Å². The Morgan fingerprint density at radius 2 is 2.06 bits per heavy atom. The number of carbonyl (C=O) groups is 3. The summed E-state index contributed by atoms with van der Waals surface area (Å²) in [5.41, 5.74) is 10.4. The number of ether oxygens (including phenoxy) is 3. The molecule has 0 aliphatic carbocycles. The Morgan fingerprint density at radius 3 is 2.76 bits per heavy atom. The van der Waals surface area contributed by atoms with Crippen molar-refractivity contribution >= 4 is 58.2 Å². The number of methoxy groups -OCH3 is 2. The average molecular weight is 779 g/mol. The number of rotatable bonds is 14. The number of H-pyrrole nitrogens is 1.